The Morgan fingerprint density at radius 2 is 1.76 bits per heavy atom. The standard InChI is InChI=1S/C14H8Cl3N3O/c15-8-3-1-2-7(6-8)13-19-14(21-20-13)11-9(16)4-5-10(17)12(11)18/h1-6H,18H2. The van der Waals surface area contributed by atoms with Crippen molar-refractivity contribution in [3.8, 4) is 22.8 Å². The molecule has 0 aliphatic carbocycles. The molecule has 0 atom stereocenters. The van der Waals surface area contributed by atoms with E-state index in [-0.39, 0.29) is 5.89 Å². The van der Waals surface area contributed by atoms with Gasteiger partial charge in [0, 0.05) is 10.6 Å². The Hall–Kier alpha value is -1.75. The summed E-state index contributed by atoms with van der Waals surface area (Å²) in [6.45, 7) is 0. The summed E-state index contributed by atoms with van der Waals surface area (Å²) >= 11 is 18.1. The van der Waals surface area contributed by atoms with E-state index in [1.54, 1.807) is 30.3 Å². The zero-order valence-electron chi connectivity index (χ0n) is 10.5. The maximum absolute atomic E-state index is 6.13. The lowest BCUT2D eigenvalue weighted by Gasteiger charge is -2.04. The highest BCUT2D eigenvalue weighted by atomic mass is 35.5. The van der Waals surface area contributed by atoms with Crippen molar-refractivity contribution in [3.05, 3.63) is 51.5 Å². The van der Waals surface area contributed by atoms with Gasteiger partial charge in [-0.1, -0.05) is 52.1 Å². The van der Waals surface area contributed by atoms with E-state index in [0.29, 0.717) is 32.1 Å². The van der Waals surface area contributed by atoms with Crippen molar-refractivity contribution in [3.63, 3.8) is 0 Å². The molecule has 7 heteroatoms. The summed E-state index contributed by atoms with van der Waals surface area (Å²) in [5.41, 5.74) is 7.37. The molecule has 0 saturated carbocycles. The molecule has 3 aromatic rings. The van der Waals surface area contributed by atoms with E-state index < -0.39 is 0 Å². The van der Waals surface area contributed by atoms with Gasteiger partial charge in [-0.15, -0.1) is 0 Å². The fourth-order valence-electron chi connectivity index (χ4n) is 1.85. The lowest BCUT2D eigenvalue weighted by Crippen LogP contribution is -1.92. The molecule has 106 valence electrons. The topological polar surface area (TPSA) is 64.9 Å². The minimum absolute atomic E-state index is 0.204. The number of anilines is 1. The van der Waals surface area contributed by atoms with Gasteiger partial charge in [0.25, 0.3) is 5.89 Å². The molecule has 0 aliphatic heterocycles. The molecule has 0 radical (unpaired) electrons. The number of halogens is 3. The van der Waals surface area contributed by atoms with Crippen molar-refractivity contribution in [2.24, 2.45) is 0 Å². The first kappa shape index (κ1) is 14.2. The third-order valence-electron chi connectivity index (χ3n) is 2.86. The third kappa shape index (κ3) is 2.70. The number of benzene rings is 2. The van der Waals surface area contributed by atoms with Crippen LogP contribution in [0.1, 0.15) is 0 Å². The van der Waals surface area contributed by atoms with Crippen LogP contribution in [0.3, 0.4) is 0 Å². The van der Waals surface area contributed by atoms with Crippen LogP contribution in [0.25, 0.3) is 22.8 Å². The molecule has 21 heavy (non-hydrogen) atoms. The molecule has 3 rings (SSSR count). The second kappa shape index (κ2) is 5.56. The summed E-state index contributed by atoms with van der Waals surface area (Å²) in [6, 6.07) is 10.4. The van der Waals surface area contributed by atoms with Gasteiger partial charge in [-0.3, -0.25) is 0 Å². The lowest BCUT2D eigenvalue weighted by atomic mass is 10.1. The molecule has 2 aromatic carbocycles. The van der Waals surface area contributed by atoms with Gasteiger partial charge in [-0.05, 0) is 24.3 Å². The maximum Gasteiger partial charge on any atom is 0.261 e. The van der Waals surface area contributed by atoms with Crippen LogP contribution >= 0.6 is 34.8 Å². The zero-order chi connectivity index (χ0) is 15.0. The highest BCUT2D eigenvalue weighted by Crippen LogP contribution is 2.37. The molecule has 2 N–H and O–H groups in total. The minimum atomic E-state index is 0.204. The maximum atomic E-state index is 6.13. The van der Waals surface area contributed by atoms with Gasteiger partial charge < -0.3 is 10.3 Å². The molecule has 0 bridgehead atoms. The van der Waals surface area contributed by atoms with Crippen molar-refractivity contribution < 1.29 is 4.52 Å². The summed E-state index contributed by atoms with van der Waals surface area (Å²) in [4.78, 5) is 4.30. The second-order valence-electron chi connectivity index (χ2n) is 4.25. The Kier molecular flexibility index (Phi) is 3.76. The summed E-state index contributed by atoms with van der Waals surface area (Å²) in [5, 5.41) is 5.26. The third-order valence-corrected chi connectivity index (χ3v) is 3.74. The van der Waals surface area contributed by atoms with Gasteiger partial charge in [-0.2, -0.15) is 4.98 Å². The molecular weight excluding hydrogens is 333 g/mol. The normalized spacial score (nSPS) is 10.8. The summed E-state index contributed by atoms with van der Waals surface area (Å²) < 4.78 is 5.23. The van der Waals surface area contributed by atoms with Crippen LogP contribution in [0.4, 0.5) is 5.69 Å². The number of hydrogen-bond acceptors (Lipinski definition) is 4. The van der Waals surface area contributed by atoms with E-state index in [1.165, 1.54) is 0 Å². The number of hydrogen-bond donors (Lipinski definition) is 1. The van der Waals surface area contributed by atoms with E-state index in [9.17, 15) is 0 Å². The Morgan fingerprint density at radius 1 is 1.00 bits per heavy atom. The predicted molar refractivity (Wildman–Crippen MR) is 84.6 cm³/mol. The van der Waals surface area contributed by atoms with Gasteiger partial charge in [0.1, 0.15) is 0 Å². The van der Waals surface area contributed by atoms with Crippen molar-refractivity contribution in [2.75, 3.05) is 5.73 Å². The summed E-state index contributed by atoms with van der Waals surface area (Å²) in [6.07, 6.45) is 0. The fraction of sp³-hybridized carbons (Fsp3) is 0. The van der Waals surface area contributed by atoms with E-state index in [1.807, 2.05) is 6.07 Å². The molecule has 0 saturated heterocycles. The average molecular weight is 341 g/mol. The Morgan fingerprint density at radius 3 is 2.52 bits per heavy atom. The van der Waals surface area contributed by atoms with E-state index in [4.69, 9.17) is 45.1 Å². The highest BCUT2D eigenvalue weighted by molar-refractivity contribution is 6.37. The van der Waals surface area contributed by atoms with Gasteiger partial charge in [0.15, 0.2) is 0 Å². The van der Waals surface area contributed by atoms with Crippen LogP contribution in [-0.2, 0) is 0 Å². The minimum Gasteiger partial charge on any atom is -0.397 e. The van der Waals surface area contributed by atoms with Crippen LogP contribution in [-0.4, -0.2) is 10.1 Å². The molecule has 0 unspecified atom stereocenters. The van der Waals surface area contributed by atoms with Gasteiger partial charge >= 0.3 is 0 Å². The Bertz CT molecular complexity index is 817. The summed E-state index contributed by atoms with van der Waals surface area (Å²) in [5.74, 6) is 0.595. The molecule has 0 spiro atoms. The molecule has 0 amide bonds. The Labute approximate surface area is 135 Å². The van der Waals surface area contributed by atoms with Crippen molar-refractivity contribution in [2.45, 2.75) is 0 Å². The zero-order valence-corrected chi connectivity index (χ0v) is 12.7. The average Bonchev–Trinajstić information content (AvgIpc) is 2.93. The SMILES string of the molecule is Nc1c(Cl)ccc(Cl)c1-c1nc(-c2cccc(Cl)c2)no1. The van der Waals surface area contributed by atoms with Crippen LogP contribution in [0, 0.1) is 0 Å². The summed E-state index contributed by atoms with van der Waals surface area (Å²) in [7, 11) is 0. The van der Waals surface area contributed by atoms with Crippen LogP contribution in [0.5, 0.6) is 0 Å². The number of rotatable bonds is 2. The van der Waals surface area contributed by atoms with Crippen molar-refractivity contribution in [1.29, 1.82) is 0 Å². The molecular formula is C14H8Cl3N3O. The molecule has 1 aromatic heterocycles. The molecule has 0 fully saturated rings. The predicted octanol–water partition coefficient (Wildman–Crippen LogP) is 4.95. The first-order valence-electron chi connectivity index (χ1n) is 5.90. The van der Waals surface area contributed by atoms with Crippen molar-refractivity contribution in [1.82, 2.24) is 10.1 Å². The highest BCUT2D eigenvalue weighted by Gasteiger charge is 2.18. The van der Waals surface area contributed by atoms with Crippen LogP contribution in [0.2, 0.25) is 15.1 Å². The first-order chi connectivity index (χ1) is 10.1. The smallest absolute Gasteiger partial charge is 0.261 e. The van der Waals surface area contributed by atoms with Crippen LogP contribution in [0.15, 0.2) is 40.9 Å². The number of aromatic nitrogens is 2. The fourth-order valence-corrected chi connectivity index (χ4v) is 2.45. The molecule has 1 heterocycles. The molecule has 0 aliphatic rings. The van der Waals surface area contributed by atoms with E-state index >= 15 is 0 Å². The number of nitrogen functional groups attached to an aromatic ring is 1. The molecule has 4 nitrogen and oxygen atoms in total. The first-order valence-corrected chi connectivity index (χ1v) is 7.03. The lowest BCUT2D eigenvalue weighted by molar-refractivity contribution is 0.432. The monoisotopic (exact) mass is 339 g/mol. The van der Waals surface area contributed by atoms with Crippen LogP contribution < -0.4 is 5.73 Å². The van der Waals surface area contributed by atoms with Gasteiger partial charge in [-0.25, -0.2) is 0 Å². The number of nitrogens with two attached hydrogens (primary N) is 1. The second-order valence-corrected chi connectivity index (χ2v) is 5.50. The quantitative estimate of drug-likeness (QED) is 0.671. The van der Waals surface area contributed by atoms with E-state index in [0.717, 1.165) is 5.56 Å². The number of nitrogens with zero attached hydrogens (tertiary/aromatic N) is 2. The van der Waals surface area contributed by atoms with E-state index in [2.05, 4.69) is 10.1 Å². The Balaban J connectivity index is 2.09. The van der Waals surface area contributed by atoms with Gasteiger partial charge in [0.05, 0.1) is 21.3 Å². The van der Waals surface area contributed by atoms with Crippen molar-refractivity contribution >= 4 is 40.5 Å². The largest absolute Gasteiger partial charge is 0.397 e. The van der Waals surface area contributed by atoms with Gasteiger partial charge in [0.2, 0.25) is 5.82 Å².